The normalized spacial score (nSPS) is 12.3. The van der Waals surface area contributed by atoms with Crippen LogP contribution in [0.5, 0.6) is 0 Å². The minimum Gasteiger partial charge on any atom is -0.481 e. The summed E-state index contributed by atoms with van der Waals surface area (Å²) in [6.07, 6.45) is 4.08. The predicted octanol–water partition coefficient (Wildman–Crippen LogP) is 0.485. The molecule has 1 atom stereocenters. The lowest BCUT2D eigenvalue weighted by Gasteiger charge is -2.12. The summed E-state index contributed by atoms with van der Waals surface area (Å²) in [7, 11) is 0. The molecule has 0 aromatic carbocycles. The van der Waals surface area contributed by atoms with Gasteiger partial charge < -0.3 is 16.2 Å². The number of unbranched alkanes of at least 4 members (excludes halogenated alkanes) is 3. The van der Waals surface area contributed by atoms with E-state index in [2.05, 4.69) is 12.2 Å². The van der Waals surface area contributed by atoms with Gasteiger partial charge in [-0.15, -0.1) is 0 Å². The smallest absolute Gasteiger partial charge is 0.305 e. The largest absolute Gasteiger partial charge is 0.481 e. The number of rotatable bonds is 9. The third-order valence-corrected chi connectivity index (χ3v) is 2.14. The number of hydrogen-bond acceptors (Lipinski definition) is 3. The molecule has 0 bridgehead atoms. The first-order chi connectivity index (χ1) is 7.07. The van der Waals surface area contributed by atoms with Gasteiger partial charge >= 0.3 is 5.97 Å². The average Bonchev–Trinajstić information content (AvgIpc) is 2.15. The molecule has 4 N–H and O–H groups in total. The van der Waals surface area contributed by atoms with Gasteiger partial charge in [0.1, 0.15) is 0 Å². The molecule has 0 aliphatic heterocycles. The van der Waals surface area contributed by atoms with Crippen LogP contribution in [0.15, 0.2) is 0 Å². The van der Waals surface area contributed by atoms with E-state index in [9.17, 15) is 9.59 Å². The van der Waals surface area contributed by atoms with Crippen molar-refractivity contribution in [1.82, 2.24) is 5.32 Å². The third kappa shape index (κ3) is 7.93. The Morgan fingerprint density at radius 1 is 1.33 bits per heavy atom. The minimum absolute atomic E-state index is 0.247. The Hall–Kier alpha value is -1.10. The van der Waals surface area contributed by atoms with Crippen molar-refractivity contribution < 1.29 is 14.7 Å². The highest BCUT2D eigenvalue weighted by Crippen LogP contribution is 1.98. The third-order valence-electron chi connectivity index (χ3n) is 2.14. The summed E-state index contributed by atoms with van der Waals surface area (Å²) in [5, 5.41) is 11.4. The van der Waals surface area contributed by atoms with E-state index in [1.54, 1.807) is 0 Å². The van der Waals surface area contributed by atoms with E-state index in [4.69, 9.17) is 10.8 Å². The van der Waals surface area contributed by atoms with Crippen LogP contribution in [-0.4, -0.2) is 29.6 Å². The molecule has 0 spiro atoms. The lowest BCUT2D eigenvalue weighted by molar-refractivity contribution is -0.139. The van der Waals surface area contributed by atoms with Gasteiger partial charge in [-0.05, 0) is 13.0 Å². The van der Waals surface area contributed by atoms with Crippen LogP contribution in [0.3, 0.4) is 0 Å². The van der Waals surface area contributed by atoms with Crippen LogP contribution in [0.4, 0.5) is 0 Å². The van der Waals surface area contributed by atoms with Gasteiger partial charge in [0, 0.05) is 0 Å². The molecule has 0 saturated heterocycles. The molecular weight excluding hydrogens is 196 g/mol. The number of aliphatic carboxylic acids is 1. The van der Waals surface area contributed by atoms with Crippen LogP contribution in [0.1, 0.15) is 39.0 Å². The second-order valence-electron chi connectivity index (χ2n) is 3.57. The summed E-state index contributed by atoms with van der Waals surface area (Å²) in [5.41, 5.74) is 5.06. The van der Waals surface area contributed by atoms with Gasteiger partial charge in [0.25, 0.3) is 0 Å². The number of carbonyl (C=O) groups excluding carboxylic acids is 1. The Kier molecular flexibility index (Phi) is 7.62. The quantitative estimate of drug-likeness (QED) is 0.489. The molecule has 88 valence electrons. The van der Waals surface area contributed by atoms with Crippen molar-refractivity contribution in [1.29, 1.82) is 0 Å². The topological polar surface area (TPSA) is 92.4 Å². The van der Waals surface area contributed by atoms with E-state index in [0.717, 1.165) is 25.7 Å². The van der Waals surface area contributed by atoms with E-state index < -0.39 is 17.9 Å². The number of nitrogens with two attached hydrogens (primary N) is 1. The average molecular weight is 216 g/mol. The molecule has 0 aromatic heterocycles. The zero-order valence-corrected chi connectivity index (χ0v) is 9.16. The second kappa shape index (κ2) is 8.23. The van der Waals surface area contributed by atoms with E-state index in [-0.39, 0.29) is 6.42 Å². The summed E-state index contributed by atoms with van der Waals surface area (Å²) in [4.78, 5) is 21.3. The molecule has 15 heavy (non-hydrogen) atoms. The summed E-state index contributed by atoms with van der Waals surface area (Å²) >= 11 is 0. The molecule has 0 aliphatic rings. The SMILES string of the molecule is CCCCCCNC(CC(=O)O)C(N)=O. The van der Waals surface area contributed by atoms with E-state index in [1.807, 2.05) is 0 Å². The van der Waals surface area contributed by atoms with Crippen LogP contribution in [0, 0.1) is 0 Å². The molecule has 5 nitrogen and oxygen atoms in total. The number of carboxylic acids is 1. The number of primary amides is 1. The number of nitrogens with one attached hydrogen (secondary N) is 1. The molecule has 0 heterocycles. The first-order valence-corrected chi connectivity index (χ1v) is 5.32. The van der Waals surface area contributed by atoms with E-state index >= 15 is 0 Å². The predicted molar refractivity (Wildman–Crippen MR) is 57.4 cm³/mol. The summed E-state index contributed by atoms with van der Waals surface area (Å²) < 4.78 is 0. The van der Waals surface area contributed by atoms with Gasteiger partial charge in [0.2, 0.25) is 5.91 Å². The van der Waals surface area contributed by atoms with Crippen molar-refractivity contribution in [2.45, 2.75) is 45.1 Å². The van der Waals surface area contributed by atoms with E-state index in [0.29, 0.717) is 6.54 Å². The van der Waals surface area contributed by atoms with Crippen molar-refractivity contribution in [2.75, 3.05) is 6.54 Å². The van der Waals surface area contributed by atoms with Crippen LogP contribution in [0.25, 0.3) is 0 Å². The Labute approximate surface area is 90.0 Å². The standard InChI is InChI=1S/C10H20N2O3/c1-2-3-4-5-6-12-8(10(11)15)7-9(13)14/h8,12H,2-7H2,1H3,(H2,11,15)(H,13,14). The maximum atomic E-state index is 10.9. The van der Waals surface area contributed by atoms with Crippen LogP contribution < -0.4 is 11.1 Å². The minimum atomic E-state index is -1.01. The molecule has 0 aliphatic carbocycles. The van der Waals surface area contributed by atoms with Crippen molar-refractivity contribution in [3.8, 4) is 0 Å². The molecule has 0 rings (SSSR count). The fourth-order valence-electron chi connectivity index (χ4n) is 1.28. The molecule has 5 heteroatoms. The number of hydrogen-bond donors (Lipinski definition) is 3. The van der Waals surface area contributed by atoms with E-state index in [1.165, 1.54) is 0 Å². The molecule has 0 radical (unpaired) electrons. The van der Waals surface area contributed by atoms with Gasteiger partial charge in [-0.2, -0.15) is 0 Å². The highest BCUT2D eigenvalue weighted by molar-refractivity contribution is 5.84. The molecule has 1 unspecified atom stereocenters. The lowest BCUT2D eigenvalue weighted by atomic mass is 10.1. The van der Waals surface area contributed by atoms with Gasteiger partial charge in [-0.1, -0.05) is 26.2 Å². The maximum absolute atomic E-state index is 10.9. The monoisotopic (exact) mass is 216 g/mol. The van der Waals surface area contributed by atoms with Crippen molar-refractivity contribution in [3.63, 3.8) is 0 Å². The first kappa shape index (κ1) is 13.9. The molecule has 0 fully saturated rings. The van der Waals surface area contributed by atoms with Gasteiger partial charge in [0.15, 0.2) is 0 Å². The Morgan fingerprint density at radius 3 is 2.47 bits per heavy atom. The Bertz CT molecular complexity index is 207. The van der Waals surface area contributed by atoms with Crippen LogP contribution in [0.2, 0.25) is 0 Å². The number of carbonyl (C=O) groups is 2. The van der Waals surface area contributed by atoms with Gasteiger partial charge in [-0.25, -0.2) is 0 Å². The van der Waals surface area contributed by atoms with Gasteiger partial charge in [0.05, 0.1) is 12.5 Å². The molecule has 0 aromatic rings. The Balaban J connectivity index is 3.67. The van der Waals surface area contributed by atoms with Crippen molar-refractivity contribution in [2.24, 2.45) is 5.73 Å². The first-order valence-electron chi connectivity index (χ1n) is 5.32. The Morgan fingerprint density at radius 2 is 2.00 bits per heavy atom. The second-order valence-corrected chi connectivity index (χ2v) is 3.57. The molecular formula is C10H20N2O3. The zero-order chi connectivity index (χ0) is 11.7. The van der Waals surface area contributed by atoms with Crippen molar-refractivity contribution in [3.05, 3.63) is 0 Å². The maximum Gasteiger partial charge on any atom is 0.305 e. The summed E-state index contributed by atoms with van der Waals surface area (Å²) in [5.74, 6) is -1.62. The fraction of sp³-hybridized carbons (Fsp3) is 0.800. The highest BCUT2D eigenvalue weighted by Gasteiger charge is 2.17. The summed E-state index contributed by atoms with van der Waals surface area (Å²) in [6, 6.07) is -0.746. The van der Waals surface area contributed by atoms with Crippen molar-refractivity contribution >= 4 is 11.9 Å². The molecule has 1 amide bonds. The van der Waals surface area contributed by atoms with Crippen LogP contribution >= 0.6 is 0 Å². The molecule has 0 saturated carbocycles. The summed E-state index contributed by atoms with van der Waals surface area (Å²) in [6.45, 7) is 2.75. The zero-order valence-electron chi connectivity index (χ0n) is 9.16. The lowest BCUT2D eigenvalue weighted by Crippen LogP contribution is -2.43. The highest BCUT2D eigenvalue weighted by atomic mass is 16.4. The number of carboxylic acid groups (broad SMARTS) is 1. The van der Waals surface area contributed by atoms with Gasteiger partial charge in [-0.3, -0.25) is 9.59 Å². The van der Waals surface area contributed by atoms with Crippen LogP contribution in [-0.2, 0) is 9.59 Å². The fourth-order valence-corrected chi connectivity index (χ4v) is 1.28. The number of amides is 1.